The van der Waals surface area contributed by atoms with Crippen LogP contribution in [0.5, 0.6) is 0 Å². The molecule has 44 heavy (non-hydrogen) atoms. The van der Waals surface area contributed by atoms with Crippen molar-refractivity contribution >= 4 is 17.5 Å². The first-order valence-electron chi connectivity index (χ1n) is 15.8. The van der Waals surface area contributed by atoms with E-state index in [2.05, 4.69) is 16.0 Å². The summed E-state index contributed by atoms with van der Waals surface area (Å²) >= 11 is 6.18. The summed E-state index contributed by atoms with van der Waals surface area (Å²) in [5.41, 5.74) is 5.44. The van der Waals surface area contributed by atoms with Crippen molar-refractivity contribution in [1.29, 1.82) is 0 Å². The molecular formula is C36H37ClN4O3. The molecule has 4 aromatic rings. The summed E-state index contributed by atoms with van der Waals surface area (Å²) in [6.07, 6.45) is 12.0. The van der Waals surface area contributed by atoms with Gasteiger partial charge in [-0.25, -0.2) is 4.98 Å². The Morgan fingerprint density at radius 2 is 1.77 bits per heavy atom. The van der Waals surface area contributed by atoms with Crippen LogP contribution in [0.15, 0.2) is 71.8 Å². The maximum Gasteiger partial charge on any atom is 0.256 e. The van der Waals surface area contributed by atoms with Gasteiger partial charge in [0.15, 0.2) is 6.10 Å². The van der Waals surface area contributed by atoms with Crippen molar-refractivity contribution in [1.82, 2.24) is 19.9 Å². The minimum Gasteiger partial charge on any atom is -0.378 e. The summed E-state index contributed by atoms with van der Waals surface area (Å²) in [4.78, 5) is 41.5. The highest BCUT2D eigenvalue weighted by Crippen LogP contribution is 2.52. The zero-order valence-electron chi connectivity index (χ0n) is 24.8. The number of aliphatic hydroxyl groups is 1. The molecule has 1 atom stereocenters. The SMILES string of the molecule is O=C([C@H](O)c1cccc(-c2cccc(Cl)c2)c1)N1CCCc2nc(C3(c4cncc(C5CCCCC5)c4)CC3)[nH]c(=O)c2C1. The van der Waals surface area contributed by atoms with Crippen LogP contribution in [0.25, 0.3) is 11.1 Å². The molecular weight excluding hydrogens is 572 g/mol. The zero-order chi connectivity index (χ0) is 30.3. The van der Waals surface area contributed by atoms with Crippen LogP contribution in [0.3, 0.4) is 0 Å². The van der Waals surface area contributed by atoms with Crippen LogP contribution < -0.4 is 5.56 Å². The zero-order valence-corrected chi connectivity index (χ0v) is 25.5. The number of benzene rings is 2. The number of H-pyrrole nitrogens is 1. The standard InChI is InChI=1S/C36H37ClN4O3/c37-29-12-5-10-25(19-29)24-9-4-11-26(17-24)32(42)34(44)41-16-6-13-31-30(22-41)33(43)40-35(39-31)36(14-15-36)28-18-27(20-38-21-28)23-7-2-1-3-8-23/h4-5,9-12,17-21,23,32,42H,1-3,6-8,13-16,22H2,(H,39,40,43)/t32-/m1/s1. The molecule has 2 aliphatic carbocycles. The maximum atomic E-state index is 13.6. The number of aliphatic hydroxyl groups excluding tert-OH is 1. The number of halogens is 1. The number of hydrogen-bond acceptors (Lipinski definition) is 5. The number of nitrogens with one attached hydrogen (secondary N) is 1. The fourth-order valence-electron chi connectivity index (χ4n) is 7.07. The van der Waals surface area contributed by atoms with Crippen molar-refractivity contribution in [3.05, 3.63) is 116 Å². The van der Waals surface area contributed by atoms with E-state index in [1.54, 1.807) is 17.0 Å². The first kappa shape index (κ1) is 28.9. The number of aromatic nitrogens is 3. The smallest absolute Gasteiger partial charge is 0.256 e. The highest BCUT2D eigenvalue weighted by molar-refractivity contribution is 6.30. The topological polar surface area (TPSA) is 99.2 Å². The Hall–Kier alpha value is -3.81. The quantitative estimate of drug-likeness (QED) is 0.256. The molecule has 0 spiro atoms. The van der Waals surface area contributed by atoms with Gasteiger partial charge in [-0.3, -0.25) is 14.6 Å². The lowest BCUT2D eigenvalue weighted by Crippen LogP contribution is -2.36. The molecule has 2 aromatic heterocycles. The summed E-state index contributed by atoms with van der Waals surface area (Å²) in [5, 5.41) is 11.8. The van der Waals surface area contributed by atoms with E-state index in [0.717, 1.165) is 35.2 Å². The van der Waals surface area contributed by atoms with Crippen molar-refractivity contribution in [3.63, 3.8) is 0 Å². The summed E-state index contributed by atoms with van der Waals surface area (Å²) in [5.74, 6) is 0.847. The lowest BCUT2D eigenvalue weighted by Gasteiger charge is -2.24. The number of hydrogen-bond donors (Lipinski definition) is 2. The van der Waals surface area contributed by atoms with E-state index in [4.69, 9.17) is 16.6 Å². The number of aryl methyl sites for hydroxylation is 1. The van der Waals surface area contributed by atoms with Crippen LogP contribution in [0.4, 0.5) is 0 Å². The van der Waals surface area contributed by atoms with Crippen LogP contribution in [0.2, 0.25) is 5.02 Å². The van der Waals surface area contributed by atoms with E-state index in [9.17, 15) is 14.7 Å². The second-order valence-corrected chi connectivity index (χ2v) is 13.1. The molecule has 2 aromatic carbocycles. The number of aromatic amines is 1. The molecule has 2 fully saturated rings. The fraction of sp³-hybridized carbons (Fsp3) is 0.389. The monoisotopic (exact) mass is 608 g/mol. The van der Waals surface area contributed by atoms with Gasteiger partial charge in [-0.15, -0.1) is 0 Å². The average Bonchev–Trinajstić information content (AvgIpc) is 3.90. The Labute approximate surface area is 262 Å². The molecule has 3 heterocycles. The largest absolute Gasteiger partial charge is 0.378 e. The molecule has 8 heteroatoms. The van der Waals surface area contributed by atoms with E-state index < -0.39 is 12.0 Å². The molecule has 7 rings (SSSR count). The van der Waals surface area contributed by atoms with Gasteiger partial charge in [0.2, 0.25) is 0 Å². The first-order chi connectivity index (χ1) is 21.4. The molecule has 0 unspecified atom stereocenters. The molecule has 1 amide bonds. The van der Waals surface area contributed by atoms with Gasteiger partial charge < -0.3 is 15.0 Å². The molecule has 226 valence electrons. The van der Waals surface area contributed by atoms with E-state index in [0.29, 0.717) is 47.3 Å². The van der Waals surface area contributed by atoms with Gasteiger partial charge in [0.05, 0.1) is 23.2 Å². The predicted molar refractivity (Wildman–Crippen MR) is 171 cm³/mol. The summed E-state index contributed by atoms with van der Waals surface area (Å²) in [6, 6.07) is 17.1. The molecule has 3 aliphatic rings. The number of fused-ring (bicyclic) bond motifs is 1. The van der Waals surface area contributed by atoms with Crippen molar-refractivity contribution in [2.45, 2.75) is 81.8 Å². The van der Waals surface area contributed by atoms with Gasteiger partial charge in [-0.2, -0.15) is 0 Å². The third-order valence-corrected chi connectivity index (χ3v) is 10.0. The van der Waals surface area contributed by atoms with Gasteiger partial charge >= 0.3 is 0 Å². The van der Waals surface area contributed by atoms with Crippen LogP contribution in [0, 0.1) is 0 Å². The number of carbonyl (C=O) groups excluding carboxylic acids is 1. The fourth-order valence-corrected chi connectivity index (χ4v) is 7.26. The lowest BCUT2D eigenvalue weighted by atomic mass is 9.83. The van der Waals surface area contributed by atoms with Crippen LogP contribution in [0.1, 0.15) is 97.2 Å². The Kier molecular flexibility index (Phi) is 7.85. The molecule has 1 aliphatic heterocycles. The van der Waals surface area contributed by atoms with Crippen LogP contribution in [-0.2, 0) is 23.2 Å². The molecule has 2 saturated carbocycles. The highest BCUT2D eigenvalue weighted by Gasteiger charge is 2.49. The number of amides is 1. The molecule has 0 radical (unpaired) electrons. The lowest BCUT2D eigenvalue weighted by molar-refractivity contribution is -0.141. The van der Waals surface area contributed by atoms with Crippen molar-refractivity contribution < 1.29 is 9.90 Å². The highest BCUT2D eigenvalue weighted by atomic mass is 35.5. The van der Waals surface area contributed by atoms with Crippen molar-refractivity contribution in [2.75, 3.05) is 6.54 Å². The molecule has 2 N–H and O–H groups in total. The Morgan fingerprint density at radius 3 is 2.55 bits per heavy atom. The Balaban J connectivity index is 1.12. The number of pyridine rings is 1. The summed E-state index contributed by atoms with van der Waals surface area (Å²) in [6.45, 7) is 0.557. The Morgan fingerprint density at radius 1 is 1.00 bits per heavy atom. The Bertz CT molecular complexity index is 1760. The van der Waals surface area contributed by atoms with E-state index in [-0.39, 0.29) is 17.5 Å². The van der Waals surface area contributed by atoms with Crippen LogP contribution >= 0.6 is 11.6 Å². The molecule has 0 bridgehead atoms. The number of nitrogens with zero attached hydrogens (tertiary/aromatic N) is 3. The van der Waals surface area contributed by atoms with E-state index in [1.807, 2.05) is 48.8 Å². The summed E-state index contributed by atoms with van der Waals surface area (Å²) < 4.78 is 0. The normalized spacial score (nSPS) is 18.7. The third kappa shape index (κ3) is 5.59. The minimum absolute atomic E-state index is 0.119. The van der Waals surface area contributed by atoms with Gasteiger partial charge in [-0.1, -0.05) is 67.3 Å². The van der Waals surface area contributed by atoms with Gasteiger partial charge in [0.25, 0.3) is 11.5 Å². The minimum atomic E-state index is -1.35. The van der Waals surface area contributed by atoms with E-state index >= 15 is 0 Å². The van der Waals surface area contributed by atoms with Gasteiger partial charge in [0.1, 0.15) is 5.82 Å². The van der Waals surface area contributed by atoms with Crippen molar-refractivity contribution in [2.24, 2.45) is 0 Å². The van der Waals surface area contributed by atoms with Gasteiger partial charge in [0, 0.05) is 24.0 Å². The number of rotatable bonds is 6. The molecule has 7 nitrogen and oxygen atoms in total. The number of carbonyl (C=O) groups is 1. The second kappa shape index (κ2) is 11.9. The maximum absolute atomic E-state index is 13.6. The predicted octanol–water partition coefficient (Wildman–Crippen LogP) is 6.62. The first-order valence-corrected chi connectivity index (χ1v) is 16.2. The second-order valence-electron chi connectivity index (χ2n) is 12.7. The van der Waals surface area contributed by atoms with Crippen molar-refractivity contribution in [3.8, 4) is 11.1 Å². The third-order valence-electron chi connectivity index (χ3n) is 9.79. The molecule has 0 saturated heterocycles. The van der Waals surface area contributed by atoms with Crippen LogP contribution in [-0.4, -0.2) is 37.4 Å². The van der Waals surface area contributed by atoms with Gasteiger partial charge in [-0.05, 0) is 90.5 Å². The summed E-state index contributed by atoms with van der Waals surface area (Å²) in [7, 11) is 0. The average molecular weight is 609 g/mol. The van der Waals surface area contributed by atoms with E-state index in [1.165, 1.54) is 37.7 Å².